The number of pyridine rings is 1. The second-order valence-electron chi connectivity index (χ2n) is 4.17. The number of aliphatic carboxylic acids is 1. The van der Waals surface area contributed by atoms with Crippen LogP contribution in [0.2, 0.25) is 15.1 Å². The summed E-state index contributed by atoms with van der Waals surface area (Å²) in [6.45, 7) is 0. The second kappa shape index (κ2) is 6.32. The first-order valence-electron chi connectivity index (χ1n) is 5.62. The maximum absolute atomic E-state index is 14.3. The average Bonchev–Trinajstić information content (AvgIpc) is 2.41. The molecule has 0 aliphatic heterocycles. The van der Waals surface area contributed by atoms with Crippen LogP contribution in [0.15, 0.2) is 12.1 Å². The lowest BCUT2D eigenvalue weighted by atomic mass is 10.0. The molecule has 0 radical (unpaired) electrons. The van der Waals surface area contributed by atoms with Crippen molar-refractivity contribution in [2.75, 3.05) is 0 Å². The number of halogens is 6. The third kappa shape index (κ3) is 3.14. The summed E-state index contributed by atoms with van der Waals surface area (Å²) in [4.78, 5) is 13.6. The summed E-state index contributed by atoms with van der Waals surface area (Å²) in [5, 5.41) is 8.46. The molecule has 1 N–H and O–H groups in total. The number of hydrogen-bond donors (Lipinski definition) is 1. The van der Waals surface area contributed by atoms with Crippen LogP contribution < -0.4 is 0 Å². The van der Waals surface area contributed by atoms with Gasteiger partial charge in [0.1, 0.15) is 0 Å². The van der Waals surface area contributed by atoms with Crippen LogP contribution in [0.1, 0.15) is 5.69 Å². The van der Waals surface area contributed by atoms with Crippen LogP contribution in [-0.2, 0) is 11.2 Å². The van der Waals surface area contributed by atoms with Gasteiger partial charge >= 0.3 is 5.97 Å². The molecule has 22 heavy (non-hydrogen) atoms. The zero-order chi connectivity index (χ0) is 16.6. The Morgan fingerprint density at radius 2 is 1.64 bits per heavy atom. The average molecular weight is 371 g/mol. The number of benzene rings is 1. The summed E-state index contributed by atoms with van der Waals surface area (Å²) in [5.74, 6) is -6.04. The van der Waals surface area contributed by atoms with Gasteiger partial charge in [-0.3, -0.25) is 4.79 Å². The molecular formula is C13H5Cl3F3NO2. The Balaban J connectivity index is 2.77. The zero-order valence-electron chi connectivity index (χ0n) is 10.4. The Morgan fingerprint density at radius 1 is 1.05 bits per heavy atom. The van der Waals surface area contributed by atoms with Gasteiger partial charge in [0.05, 0.1) is 32.7 Å². The van der Waals surface area contributed by atoms with Crippen molar-refractivity contribution in [2.45, 2.75) is 6.42 Å². The highest BCUT2D eigenvalue weighted by molar-refractivity contribution is 6.44. The first-order valence-corrected chi connectivity index (χ1v) is 6.75. The first-order chi connectivity index (χ1) is 10.2. The van der Waals surface area contributed by atoms with E-state index in [9.17, 15) is 18.0 Å². The van der Waals surface area contributed by atoms with Crippen LogP contribution in [0.3, 0.4) is 0 Å². The van der Waals surface area contributed by atoms with E-state index in [2.05, 4.69) is 4.98 Å². The molecule has 2 aromatic rings. The van der Waals surface area contributed by atoms with E-state index in [0.717, 1.165) is 12.1 Å². The highest BCUT2D eigenvalue weighted by atomic mass is 35.5. The van der Waals surface area contributed by atoms with Crippen molar-refractivity contribution in [3.63, 3.8) is 0 Å². The number of carboxylic acids is 1. The highest BCUT2D eigenvalue weighted by Crippen LogP contribution is 2.38. The fourth-order valence-electron chi connectivity index (χ4n) is 1.77. The lowest BCUT2D eigenvalue weighted by Gasteiger charge is -2.11. The summed E-state index contributed by atoms with van der Waals surface area (Å²) in [6.07, 6.45) is -0.922. The molecule has 0 atom stereocenters. The Bertz CT molecular complexity index is 784. The summed E-state index contributed by atoms with van der Waals surface area (Å²) in [7, 11) is 0. The molecule has 2 rings (SSSR count). The van der Waals surface area contributed by atoms with E-state index in [-0.39, 0.29) is 20.6 Å². The van der Waals surface area contributed by atoms with E-state index in [1.165, 1.54) is 0 Å². The van der Waals surface area contributed by atoms with Crippen molar-refractivity contribution in [3.8, 4) is 11.1 Å². The number of rotatable bonds is 3. The minimum atomic E-state index is -1.64. The SMILES string of the molecule is O=C(O)Cc1nc(F)c(F)c(-c2cc(Cl)c(Cl)cc2Cl)c1F. The van der Waals surface area contributed by atoms with Crippen molar-refractivity contribution in [1.29, 1.82) is 0 Å². The molecule has 0 fully saturated rings. The van der Waals surface area contributed by atoms with Gasteiger partial charge in [0.15, 0.2) is 11.6 Å². The van der Waals surface area contributed by atoms with Crippen LogP contribution in [0.5, 0.6) is 0 Å². The number of aromatic nitrogens is 1. The van der Waals surface area contributed by atoms with E-state index < -0.39 is 41.2 Å². The van der Waals surface area contributed by atoms with Gasteiger partial charge in [-0.1, -0.05) is 34.8 Å². The Labute approximate surface area is 137 Å². The fraction of sp³-hybridized carbons (Fsp3) is 0.0769. The molecule has 116 valence electrons. The molecule has 3 nitrogen and oxygen atoms in total. The fourth-order valence-corrected chi connectivity index (χ4v) is 2.41. The largest absolute Gasteiger partial charge is 0.481 e. The Morgan fingerprint density at radius 3 is 2.23 bits per heavy atom. The molecule has 0 amide bonds. The van der Waals surface area contributed by atoms with Crippen LogP contribution in [-0.4, -0.2) is 16.1 Å². The molecule has 0 spiro atoms. The predicted molar refractivity (Wildman–Crippen MR) is 75.9 cm³/mol. The lowest BCUT2D eigenvalue weighted by molar-refractivity contribution is -0.136. The molecule has 1 aromatic heterocycles. The molecule has 0 saturated heterocycles. The lowest BCUT2D eigenvalue weighted by Crippen LogP contribution is -2.10. The molecule has 0 aliphatic carbocycles. The maximum Gasteiger partial charge on any atom is 0.309 e. The van der Waals surface area contributed by atoms with Crippen molar-refractivity contribution in [1.82, 2.24) is 4.98 Å². The van der Waals surface area contributed by atoms with Gasteiger partial charge in [-0.25, -0.2) is 13.8 Å². The Kier molecular flexibility index (Phi) is 4.84. The normalized spacial score (nSPS) is 10.8. The molecule has 0 saturated carbocycles. The smallest absolute Gasteiger partial charge is 0.309 e. The third-order valence-electron chi connectivity index (χ3n) is 2.70. The van der Waals surface area contributed by atoms with E-state index in [1.54, 1.807) is 0 Å². The molecule has 0 aliphatic rings. The molecule has 9 heteroatoms. The Hall–Kier alpha value is -1.50. The van der Waals surface area contributed by atoms with E-state index in [1.807, 2.05) is 0 Å². The molecule has 0 bridgehead atoms. The predicted octanol–water partition coefficient (Wildman–Crippen LogP) is 4.75. The van der Waals surface area contributed by atoms with Gasteiger partial charge in [-0.15, -0.1) is 0 Å². The van der Waals surface area contributed by atoms with Gasteiger partial charge in [-0.2, -0.15) is 4.39 Å². The minimum absolute atomic E-state index is 0.0384. The van der Waals surface area contributed by atoms with Crippen LogP contribution in [0.25, 0.3) is 11.1 Å². The quantitative estimate of drug-likeness (QED) is 0.626. The zero-order valence-corrected chi connectivity index (χ0v) is 12.7. The van der Waals surface area contributed by atoms with Crippen LogP contribution in [0.4, 0.5) is 13.2 Å². The number of hydrogen-bond acceptors (Lipinski definition) is 2. The van der Waals surface area contributed by atoms with E-state index in [0.29, 0.717) is 0 Å². The number of carboxylic acid groups (broad SMARTS) is 1. The molecule has 0 unspecified atom stereocenters. The molecular weight excluding hydrogens is 366 g/mol. The van der Waals surface area contributed by atoms with Crippen LogP contribution in [0, 0.1) is 17.6 Å². The van der Waals surface area contributed by atoms with Crippen LogP contribution >= 0.6 is 34.8 Å². The molecule has 1 aromatic carbocycles. The second-order valence-corrected chi connectivity index (χ2v) is 5.39. The van der Waals surface area contributed by atoms with Gasteiger partial charge in [0, 0.05) is 5.56 Å². The number of nitrogens with zero attached hydrogens (tertiary/aromatic N) is 1. The standard InChI is InChI=1S/C13H5Cl3F3NO2/c14-5-2-7(16)6(15)1-4(5)10-11(17)8(3-9(21)22)20-13(19)12(10)18/h1-2H,3H2,(H,21,22). The maximum atomic E-state index is 14.3. The van der Waals surface area contributed by atoms with Gasteiger partial charge in [-0.05, 0) is 12.1 Å². The highest BCUT2D eigenvalue weighted by Gasteiger charge is 2.25. The molecule has 1 heterocycles. The third-order valence-corrected chi connectivity index (χ3v) is 3.74. The summed E-state index contributed by atoms with van der Waals surface area (Å²) >= 11 is 17.3. The summed E-state index contributed by atoms with van der Waals surface area (Å²) < 4.78 is 41.7. The summed E-state index contributed by atoms with van der Waals surface area (Å²) in [5.41, 5.74) is -1.88. The first kappa shape index (κ1) is 16.9. The monoisotopic (exact) mass is 369 g/mol. The van der Waals surface area contributed by atoms with Crippen molar-refractivity contribution < 1.29 is 23.1 Å². The summed E-state index contributed by atoms with van der Waals surface area (Å²) in [6, 6.07) is 2.19. The van der Waals surface area contributed by atoms with E-state index in [4.69, 9.17) is 39.9 Å². The number of carbonyl (C=O) groups is 1. The van der Waals surface area contributed by atoms with Gasteiger partial charge in [0.2, 0.25) is 5.95 Å². The van der Waals surface area contributed by atoms with Gasteiger partial charge in [0.25, 0.3) is 0 Å². The van der Waals surface area contributed by atoms with Crippen molar-refractivity contribution >= 4 is 40.8 Å². The van der Waals surface area contributed by atoms with Crippen molar-refractivity contribution in [2.24, 2.45) is 0 Å². The minimum Gasteiger partial charge on any atom is -0.481 e. The van der Waals surface area contributed by atoms with Crippen molar-refractivity contribution in [3.05, 3.63) is 50.5 Å². The van der Waals surface area contributed by atoms with Gasteiger partial charge < -0.3 is 5.11 Å². The topological polar surface area (TPSA) is 50.2 Å². The van der Waals surface area contributed by atoms with E-state index >= 15 is 0 Å².